The fourth-order valence-corrected chi connectivity index (χ4v) is 4.80. The van der Waals surface area contributed by atoms with Crippen molar-refractivity contribution in [3.63, 3.8) is 0 Å². The van der Waals surface area contributed by atoms with Gasteiger partial charge in [-0.3, -0.25) is 9.59 Å². The summed E-state index contributed by atoms with van der Waals surface area (Å²) in [4.78, 5) is 28.6. The number of hydrogen-bond donors (Lipinski definition) is 3. The number of benzene rings is 1. The molecule has 2 saturated heterocycles. The maximum Gasteiger partial charge on any atom is 0.251 e. The Morgan fingerprint density at radius 3 is 2.59 bits per heavy atom. The smallest absolute Gasteiger partial charge is 0.251 e. The highest BCUT2D eigenvalue weighted by atomic mass is 32.1. The lowest BCUT2D eigenvalue weighted by atomic mass is 10.0. The van der Waals surface area contributed by atoms with Crippen LogP contribution in [-0.2, 0) is 4.79 Å². The zero-order chi connectivity index (χ0) is 20.4. The lowest BCUT2D eigenvalue weighted by Crippen LogP contribution is -2.51. The number of nitrogens with zero attached hydrogens (tertiary/aromatic N) is 1. The molecule has 3 heterocycles. The number of nitrogens with one attached hydrogen (secondary N) is 3. The van der Waals surface area contributed by atoms with Gasteiger partial charge >= 0.3 is 0 Å². The van der Waals surface area contributed by atoms with E-state index in [0.29, 0.717) is 18.7 Å². The van der Waals surface area contributed by atoms with E-state index >= 15 is 0 Å². The zero-order valence-electron chi connectivity index (χ0n) is 16.9. The van der Waals surface area contributed by atoms with Gasteiger partial charge in [0.15, 0.2) is 0 Å². The number of hydrazine groups is 1. The van der Waals surface area contributed by atoms with Crippen molar-refractivity contribution in [1.29, 1.82) is 0 Å². The molecule has 0 radical (unpaired) electrons. The van der Waals surface area contributed by atoms with Crippen LogP contribution in [0.3, 0.4) is 0 Å². The van der Waals surface area contributed by atoms with Crippen LogP contribution in [0.4, 0.5) is 0 Å². The molecule has 2 aliphatic rings. The van der Waals surface area contributed by atoms with Crippen LogP contribution in [-0.4, -0.2) is 41.9 Å². The first-order chi connectivity index (χ1) is 14.0. The Bertz CT molecular complexity index is 875. The normalized spacial score (nSPS) is 22.6. The largest absolute Gasteiger partial charge is 0.349 e. The Morgan fingerprint density at radius 2 is 1.90 bits per heavy atom. The number of piperidine rings is 1. The lowest BCUT2D eigenvalue weighted by Gasteiger charge is -2.33. The van der Waals surface area contributed by atoms with Gasteiger partial charge in [0, 0.05) is 29.6 Å². The number of rotatable bonds is 4. The summed E-state index contributed by atoms with van der Waals surface area (Å²) < 4.78 is 0. The fraction of sp³-hybridized carbons (Fsp3) is 0.455. The number of aryl methyl sites for hydroxylation is 2. The van der Waals surface area contributed by atoms with Crippen molar-refractivity contribution >= 4 is 23.2 Å². The van der Waals surface area contributed by atoms with Gasteiger partial charge in [0.2, 0.25) is 5.91 Å². The van der Waals surface area contributed by atoms with Crippen molar-refractivity contribution in [2.24, 2.45) is 0 Å². The van der Waals surface area contributed by atoms with Crippen LogP contribution >= 0.6 is 11.3 Å². The monoisotopic (exact) mass is 412 g/mol. The Balaban J connectivity index is 1.26. The first-order valence-corrected chi connectivity index (χ1v) is 11.1. The van der Waals surface area contributed by atoms with Gasteiger partial charge in [0.05, 0.1) is 6.04 Å². The molecule has 2 unspecified atom stereocenters. The number of carbonyl (C=O) groups is 2. The van der Waals surface area contributed by atoms with Gasteiger partial charge in [-0.15, -0.1) is 11.3 Å². The fourth-order valence-electron chi connectivity index (χ4n) is 4.01. The van der Waals surface area contributed by atoms with E-state index in [1.807, 2.05) is 43.0 Å². The highest BCUT2D eigenvalue weighted by Crippen LogP contribution is 2.27. The summed E-state index contributed by atoms with van der Waals surface area (Å²) in [5.74, 6) is 0.119. The van der Waals surface area contributed by atoms with Crippen LogP contribution in [0.5, 0.6) is 0 Å². The molecule has 29 heavy (non-hydrogen) atoms. The van der Waals surface area contributed by atoms with Crippen molar-refractivity contribution in [1.82, 2.24) is 21.1 Å². The van der Waals surface area contributed by atoms with Gasteiger partial charge in [0.1, 0.15) is 6.04 Å². The lowest BCUT2D eigenvalue weighted by molar-refractivity contribution is -0.134. The van der Waals surface area contributed by atoms with E-state index in [1.54, 1.807) is 11.3 Å². The van der Waals surface area contributed by atoms with Crippen molar-refractivity contribution in [3.8, 4) is 0 Å². The molecule has 0 aliphatic carbocycles. The Morgan fingerprint density at radius 1 is 1.10 bits per heavy atom. The number of carbonyl (C=O) groups excluding carboxylic acids is 2. The third-order valence-corrected chi connectivity index (χ3v) is 6.98. The average molecular weight is 413 g/mol. The molecule has 2 aromatic rings. The van der Waals surface area contributed by atoms with E-state index in [2.05, 4.69) is 27.6 Å². The van der Waals surface area contributed by atoms with E-state index in [4.69, 9.17) is 0 Å². The van der Waals surface area contributed by atoms with E-state index in [9.17, 15) is 9.59 Å². The van der Waals surface area contributed by atoms with Crippen molar-refractivity contribution in [2.45, 2.75) is 51.2 Å². The molecule has 2 atom stereocenters. The molecular weight excluding hydrogens is 384 g/mol. The summed E-state index contributed by atoms with van der Waals surface area (Å²) in [6.07, 6.45) is 2.34. The Hall–Kier alpha value is -2.22. The number of amides is 2. The molecule has 154 valence electrons. The van der Waals surface area contributed by atoms with E-state index < -0.39 is 0 Å². The second-order valence-corrected chi connectivity index (χ2v) is 9.00. The summed E-state index contributed by atoms with van der Waals surface area (Å²) >= 11 is 1.71. The van der Waals surface area contributed by atoms with E-state index in [1.165, 1.54) is 10.4 Å². The highest BCUT2D eigenvalue weighted by molar-refractivity contribution is 7.10. The predicted molar refractivity (Wildman–Crippen MR) is 115 cm³/mol. The molecule has 2 fully saturated rings. The van der Waals surface area contributed by atoms with Crippen LogP contribution in [0.15, 0.2) is 35.7 Å². The quantitative estimate of drug-likeness (QED) is 0.722. The van der Waals surface area contributed by atoms with Crippen LogP contribution < -0.4 is 16.2 Å². The summed E-state index contributed by atoms with van der Waals surface area (Å²) in [6, 6.07) is 10.0. The number of hydrogen-bond acceptors (Lipinski definition) is 5. The maximum absolute atomic E-state index is 12.9. The van der Waals surface area contributed by atoms with Crippen molar-refractivity contribution in [3.05, 3.63) is 57.3 Å². The van der Waals surface area contributed by atoms with Gasteiger partial charge in [-0.1, -0.05) is 12.1 Å². The third-order valence-electron chi connectivity index (χ3n) is 6.00. The second-order valence-electron chi connectivity index (χ2n) is 8.02. The summed E-state index contributed by atoms with van der Waals surface area (Å²) in [5.41, 5.74) is 9.42. The molecule has 2 amide bonds. The summed E-state index contributed by atoms with van der Waals surface area (Å²) in [7, 11) is 0. The predicted octanol–water partition coefficient (Wildman–Crippen LogP) is 2.69. The van der Waals surface area contributed by atoms with Crippen LogP contribution in [0.1, 0.15) is 51.7 Å². The molecule has 1 aromatic carbocycles. The zero-order valence-corrected chi connectivity index (χ0v) is 17.7. The van der Waals surface area contributed by atoms with Gasteiger partial charge in [-0.2, -0.15) is 0 Å². The summed E-state index contributed by atoms with van der Waals surface area (Å²) in [6.45, 7) is 5.42. The molecule has 0 saturated carbocycles. The van der Waals surface area contributed by atoms with E-state index in [0.717, 1.165) is 24.8 Å². The molecular formula is C22H28N4O2S. The minimum absolute atomic E-state index is 0.0293. The van der Waals surface area contributed by atoms with Crippen molar-refractivity contribution in [2.75, 3.05) is 13.1 Å². The van der Waals surface area contributed by atoms with Gasteiger partial charge in [-0.25, -0.2) is 10.9 Å². The van der Waals surface area contributed by atoms with Crippen LogP contribution in [0, 0.1) is 13.8 Å². The first kappa shape index (κ1) is 20.1. The molecule has 7 heteroatoms. The summed E-state index contributed by atoms with van der Waals surface area (Å²) in [5, 5.41) is 5.19. The van der Waals surface area contributed by atoms with Gasteiger partial charge in [-0.05, 0) is 67.8 Å². The topological polar surface area (TPSA) is 73.5 Å². The highest BCUT2D eigenvalue weighted by Gasteiger charge is 2.34. The first-order valence-electron chi connectivity index (χ1n) is 10.2. The van der Waals surface area contributed by atoms with Crippen LogP contribution in [0.25, 0.3) is 0 Å². The molecule has 2 aliphatic heterocycles. The Kier molecular flexibility index (Phi) is 5.99. The Labute approximate surface area is 175 Å². The molecule has 1 aromatic heterocycles. The maximum atomic E-state index is 12.9. The molecule has 3 N–H and O–H groups in total. The standard InChI is InChI=1S/C22H28N4O2S/c1-14-5-6-16(12-15(14)2)21(27)23-17-7-9-26(10-8-17)22(28)19-13-18(24-25-19)20-4-3-11-29-20/h3-6,11-12,17-19,24-25H,7-10,13H2,1-2H3,(H,23,27). The third kappa shape index (κ3) is 4.52. The second kappa shape index (κ2) is 8.65. The molecule has 6 nitrogen and oxygen atoms in total. The molecule has 0 bridgehead atoms. The molecule has 0 spiro atoms. The van der Waals surface area contributed by atoms with Gasteiger partial charge in [0.25, 0.3) is 5.91 Å². The minimum atomic E-state index is -0.191. The van der Waals surface area contributed by atoms with Crippen LogP contribution in [0.2, 0.25) is 0 Å². The SMILES string of the molecule is Cc1ccc(C(=O)NC2CCN(C(=O)C3CC(c4cccs4)NN3)CC2)cc1C. The van der Waals surface area contributed by atoms with Crippen molar-refractivity contribution < 1.29 is 9.59 Å². The average Bonchev–Trinajstić information content (AvgIpc) is 3.42. The van der Waals surface area contributed by atoms with E-state index in [-0.39, 0.29) is 29.9 Å². The number of likely N-dealkylation sites (tertiary alicyclic amines) is 1. The number of thiophene rings is 1. The molecule has 4 rings (SSSR count). The minimum Gasteiger partial charge on any atom is -0.349 e. The van der Waals surface area contributed by atoms with Gasteiger partial charge < -0.3 is 10.2 Å².